The SMILES string of the molecule is COCCC1(C(=O)Nc2cccc(C)c2)CCN(C(=O)OC(C)(C)C)C1. The summed E-state index contributed by atoms with van der Waals surface area (Å²) < 4.78 is 10.7. The summed E-state index contributed by atoms with van der Waals surface area (Å²) in [5.41, 5.74) is 0.619. The van der Waals surface area contributed by atoms with Crippen molar-refractivity contribution in [2.45, 2.75) is 46.1 Å². The summed E-state index contributed by atoms with van der Waals surface area (Å²) in [6.07, 6.45) is 0.772. The highest BCUT2D eigenvalue weighted by Gasteiger charge is 2.46. The molecule has 0 spiro atoms. The molecule has 26 heavy (non-hydrogen) atoms. The number of carbonyl (C=O) groups is 2. The molecule has 1 aliphatic heterocycles. The molecule has 0 aliphatic carbocycles. The summed E-state index contributed by atoms with van der Waals surface area (Å²) in [5.74, 6) is -0.0776. The van der Waals surface area contributed by atoms with Gasteiger partial charge in [-0.3, -0.25) is 4.79 Å². The second-order valence-electron chi connectivity index (χ2n) is 8.00. The molecule has 0 bridgehead atoms. The average molecular weight is 362 g/mol. The lowest BCUT2D eigenvalue weighted by Gasteiger charge is -2.29. The molecule has 2 amide bonds. The van der Waals surface area contributed by atoms with E-state index in [1.165, 1.54) is 0 Å². The lowest BCUT2D eigenvalue weighted by Crippen LogP contribution is -2.42. The monoisotopic (exact) mass is 362 g/mol. The fraction of sp³-hybridized carbons (Fsp3) is 0.600. The van der Waals surface area contributed by atoms with Crippen molar-refractivity contribution in [3.8, 4) is 0 Å². The van der Waals surface area contributed by atoms with Gasteiger partial charge >= 0.3 is 6.09 Å². The van der Waals surface area contributed by atoms with E-state index in [4.69, 9.17) is 9.47 Å². The van der Waals surface area contributed by atoms with Gasteiger partial charge in [-0.15, -0.1) is 0 Å². The second-order valence-corrected chi connectivity index (χ2v) is 8.00. The van der Waals surface area contributed by atoms with Crippen molar-refractivity contribution in [3.05, 3.63) is 29.8 Å². The third-order valence-electron chi connectivity index (χ3n) is 4.55. The predicted octanol–water partition coefficient (Wildman–Crippen LogP) is 3.60. The molecule has 0 radical (unpaired) electrons. The highest BCUT2D eigenvalue weighted by Crippen LogP contribution is 2.36. The Kier molecular flexibility index (Phi) is 6.29. The molecule has 6 nitrogen and oxygen atoms in total. The van der Waals surface area contributed by atoms with Crippen LogP contribution in [0.2, 0.25) is 0 Å². The van der Waals surface area contributed by atoms with Gasteiger partial charge in [-0.25, -0.2) is 4.79 Å². The van der Waals surface area contributed by atoms with Crippen molar-refractivity contribution < 1.29 is 19.1 Å². The Morgan fingerprint density at radius 1 is 1.31 bits per heavy atom. The van der Waals surface area contributed by atoms with E-state index in [1.807, 2.05) is 52.0 Å². The summed E-state index contributed by atoms with van der Waals surface area (Å²) in [6.45, 7) is 8.79. The Labute approximate surface area is 155 Å². The van der Waals surface area contributed by atoms with E-state index in [0.29, 0.717) is 32.5 Å². The number of hydrogen-bond acceptors (Lipinski definition) is 4. The minimum atomic E-state index is -0.670. The number of benzene rings is 1. The van der Waals surface area contributed by atoms with Gasteiger partial charge < -0.3 is 19.7 Å². The van der Waals surface area contributed by atoms with Crippen LogP contribution in [0.3, 0.4) is 0 Å². The van der Waals surface area contributed by atoms with Crippen LogP contribution < -0.4 is 5.32 Å². The van der Waals surface area contributed by atoms with Crippen molar-refractivity contribution in [2.75, 3.05) is 32.1 Å². The first-order valence-corrected chi connectivity index (χ1v) is 9.00. The van der Waals surface area contributed by atoms with E-state index >= 15 is 0 Å². The Balaban J connectivity index is 2.13. The number of hydrogen-bond donors (Lipinski definition) is 1. The molecule has 2 rings (SSSR count). The zero-order chi connectivity index (χ0) is 19.4. The number of anilines is 1. The Hall–Kier alpha value is -2.08. The van der Waals surface area contributed by atoms with E-state index in [2.05, 4.69) is 5.32 Å². The maximum atomic E-state index is 13.1. The van der Waals surface area contributed by atoms with Crippen LogP contribution in [0, 0.1) is 12.3 Å². The maximum Gasteiger partial charge on any atom is 0.410 e. The molecule has 0 saturated carbocycles. The van der Waals surface area contributed by atoms with Gasteiger partial charge in [0.05, 0.1) is 5.41 Å². The molecule has 1 aromatic carbocycles. The standard InChI is InChI=1S/C20H30N2O4/c1-15-7-6-8-16(13-15)21-17(23)20(10-12-25-5)9-11-22(14-20)18(24)26-19(2,3)4/h6-8,13H,9-12,14H2,1-5H3,(H,21,23). The molecule has 1 unspecified atom stereocenters. The third kappa shape index (κ3) is 5.21. The van der Waals surface area contributed by atoms with Gasteiger partial charge in [-0.05, 0) is 58.2 Å². The smallest absolute Gasteiger partial charge is 0.410 e. The summed E-state index contributed by atoms with van der Waals surface area (Å²) in [6, 6.07) is 7.70. The van der Waals surface area contributed by atoms with Gasteiger partial charge in [0.2, 0.25) is 5.91 Å². The first kappa shape index (κ1) is 20.2. The number of nitrogens with one attached hydrogen (secondary N) is 1. The number of nitrogens with zero attached hydrogens (tertiary/aromatic N) is 1. The van der Waals surface area contributed by atoms with Crippen molar-refractivity contribution >= 4 is 17.7 Å². The van der Waals surface area contributed by atoms with Crippen LogP contribution in [0.5, 0.6) is 0 Å². The molecule has 0 aromatic heterocycles. The molecule has 6 heteroatoms. The number of likely N-dealkylation sites (tertiary alicyclic amines) is 1. The van der Waals surface area contributed by atoms with Gasteiger partial charge in [0.25, 0.3) is 0 Å². The zero-order valence-corrected chi connectivity index (χ0v) is 16.4. The number of ether oxygens (including phenoxy) is 2. The summed E-state index contributed by atoms with van der Waals surface area (Å²) in [7, 11) is 1.62. The maximum absolute atomic E-state index is 13.1. The lowest BCUT2D eigenvalue weighted by atomic mass is 9.82. The number of methoxy groups -OCH3 is 1. The van der Waals surface area contributed by atoms with Gasteiger partial charge in [0.1, 0.15) is 5.60 Å². The number of amides is 2. The highest BCUT2D eigenvalue weighted by molar-refractivity contribution is 5.96. The summed E-state index contributed by atoms with van der Waals surface area (Å²) in [5, 5.41) is 3.01. The van der Waals surface area contributed by atoms with Gasteiger partial charge in [0, 0.05) is 32.5 Å². The van der Waals surface area contributed by atoms with E-state index in [-0.39, 0.29) is 12.0 Å². The van der Waals surface area contributed by atoms with Crippen molar-refractivity contribution in [2.24, 2.45) is 5.41 Å². The molecular formula is C20H30N2O4. The largest absolute Gasteiger partial charge is 0.444 e. The highest BCUT2D eigenvalue weighted by atomic mass is 16.6. The van der Waals surface area contributed by atoms with Crippen molar-refractivity contribution in [1.82, 2.24) is 4.90 Å². The normalized spacial score (nSPS) is 20.1. The molecule has 1 N–H and O–H groups in total. The predicted molar refractivity (Wildman–Crippen MR) is 101 cm³/mol. The summed E-state index contributed by atoms with van der Waals surface area (Å²) in [4.78, 5) is 27.1. The van der Waals surface area contributed by atoms with Crippen LogP contribution in [0.15, 0.2) is 24.3 Å². The first-order valence-electron chi connectivity index (χ1n) is 9.00. The quantitative estimate of drug-likeness (QED) is 0.869. The van der Waals surface area contributed by atoms with Crippen molar-refractivity contribution in [1.29, 1.82) is 0 Å². The fourth-order valence-electron chi connectivity index (χ4n) is 3.14. The molecule has 144 valence electrons. The topological polar surface area (TPSA) is 67.9 Å². The minimum Gasteiger partial charge on any atom is -0.444 e. The van der Waals surface area contributed by atoms with Crippen LogP contribution in [-0.2, 0) is 14.3 Å². The number of carbonyl (C=O) groups excluding carboxylic acids is 2. The zero-order valence-electron chi connectivity index (χ0n) is 16.4. The van der Waals surface area contributed by atoms with Crippen LogP contribution in [0.4, 0.5) is 10.5 Å². The van der Waals surface area contributed by atoms with Crippen LogP contribution >= 0.6 is 0 Å². The van der Waals surface area contributed by atoms with Gasteiger partial charge in [0.15, 0.2) is 0 Å². The molecule has 1 aliphatic rings. The number of rotatable bonds is 5. The molecule has 1 fully saturated rings. The second kappa shape index (κ2) is 8.08. The lowest BCUT2D eigenvalue weighted by molar-refractivity contribution is -0.126. The summed E-state index contributed by atoms with van der Waals surface area (Å²) >= 11 is 0. The van der Waals surface area contributed by atoms with E-state index in [0.717, 1.165) is 11.3 Å². The van der Waals surface area contributed by atoms with Crippen LogP contribution in [0.1, 0.15) is 39.2 Å². The number of aryl methyl sites for hydroxylation is 1. The van der Waals surface area contributed by atoms with Crippen molar-refractivity contribution in [3.63, 3.8) is 0 Å². The van der Waals surface area contributed by atoms with Crippen LogP contribution in [0.25, 0.3) is 0 Å². The van der Waals surface area contributed by atoms with Gasteiger partial charge in [-0.2, -0.15) is 0 Å². The Morgan fingerprint density at radius 3 is 2.65 bits per heavy atom. The molecule has 1 atom stereocenters. The minimum absolute atomic E-state index is 0.0776. The van der Waals surface area contributed by atoms with E-state index in [9.17, 15) is 9.59 Å². The fourth-order valence-corrected chi connectivity index (χ4v) is 3.14. The molecule has 1 saturated heterocycles. The van der Waals surface area contributed by atoms with Crippen LogP contribution in [-0.4, -0.2) is 49.3 Å². The van der Waals surface area contributed by atoms with E-state index in [1.54, 1.807) is 12.0 Å². The third-order valence-corrected chi connectivity index (χ3v) is 4.55. The molecular weight excluding hydrogens is 332 g/mol. The van der Waals surface area contributed by atoms with Gasteiger partial charge in [-0.1, -0.05) is 12.1 Å². The first-order chi connectivity index (χ1) is 12.1. The Morgan fingerprint density at radius 2 is 2.04 bits per heavy atom. The molecule has 1 heterocycles. The Bertz CT molecular complexity index is 653. The van der Waals surface area contributed by atoms with E-state index < -0.39 is 11.0 Å². The molecule has 1 aromatic rings. The average Bonchev–Trinajstić information content (AvgIpc) is 2.97.